The average Bonchev–Trinajstić information content (AvgIpc) is 2.33. The van der Waals surface area contributed by atoms with Gasteiger partial charge in [-0.05, 0) is 18.6 Å². The van der Waals surface area contributed by atoms with Gasteiger partial charge in [0.1, 0.15) is 5.82 Å². The summed E-state index contributed by atoms with van der Waals surface area (Å²) in [5.41, 5.74) is 8.77. The number of nitrogens with zero attached hydrogens (tertiary/aromatic N) is 2. The third-order valence-electron chi connectivity index (χ3n) is 2.42. The molecule has 0 radical (unpaired) electrons. The second-order valence-electron chi connectivity index (χ2n) is 3.64. The number of nitrogen functional groups attached to an aromatic ring is 1. The molecule has 17 heavy (non-hydrogen) atoms. The molecular weight excluding hydrogens is 214 g/mol. The van der Waals surface area contributed by atoms with E-state index < -0.39 is 0 Å². The molecule has 0 spiro atoms. The van der Waals surface area contributed by atoms with Crippen LogP contribution in [0.5, 0.6) is 0 Å². The second-order valence-corrected chi connectivity index (χ2v) is 3.64. The zero-order valence-electron chi connectivity index (χ0n) is 9.34. The summed E-state index contributed by atoms with van der Waals surface area (Å²) in [6.45, 7) is 1.85. The normalized spacial score (nSPS) is 9.47. The molecule has 4 nitrogen and oxygen atoms in total. The van der Waals surface area contributed by atoms with Gasteiger partial charge in [0.2, 0.25) is 0 Å². The molecule has 2 N–H and O–H groups in total. The zero-order valence-corrected chi connectivity index (χ0v) is 9.34. The maximum Gasteiger partial charge on any atom is 0.341 e. The zero-order chi connectivity index (χ0) is 12.3. The van der Waals surface area contributed by atoms with Crippen molar-refractivity contribution in [2.45, 2.75) is 6.92 Å². The quantitative estimate of drug-likeness (QED) is 0.759. The van der Waals surface area contributed by atoms with E-state index in [0.29, 0.717) is 5.56 Å². The minimum atomic E-state index is 0.267. The van der Waals surface area contributed by atoms with Crippen molar-refractivity contribution in [2.24, 2.45) is 0 Å². The van der Waals surface area contributed by atoms with Crippen LogP contribution >= 0.6 is 0 Å². The fourth-order valence-corrected chi connectivity index (χ4v) is 1.71. The van der Waals surface area contributed by atoms with Crippen molar-refractivity contribution in [3.8, 4) is 17.2 Å². The van der Waals surface area contributed by atoms with Crippen LogP contribution in [0.3, 0.4) is 0 Å². The topological polar surface area (TPSA) is 66.3 Å². The third-order valence-corrected chi connectivity index (χ3v) is 2.42. The van der Waals surface area contributed by atoms with E-state index in [-0.39, 0.29) is 5.82 Å². The highest BCUT2D eigenvalue weighted by Gasteiger charge is 2.13. The molecule has 0 bridgehead atoms. The van der Waals surface area contributed by atoms with Crippen molar-refractivity contribution < 1.29 is 0 Å². The number of benzene rings is 1. The first kappa shape index (κ1) is 11.0. The van der Waals surface area contributed by atoms with Crippen molar-refractivity contribution in [3.05, 3.63) is 57.9 Å². The van der Waals surface area contributed by atoms with Gasteiger partial charge in [-0.1, -0.05) is 30.3 Å². The van der Waals surface area contributed by atoms with E-state index in [4.69, 9.17) is 5.73 Å². The number of nitrogens with two attached hydrogens (primary N) is 1. The Balaban J connectivity index is 2.70. The number of aryl methyl sites for hydroxylation is 1. The molecule has 2 aromatic rings. The molecule has 4 heteroatoms. The Hall–Kier alpha value is -2.54. The maximum absolute atomic E-state index is 10.4. The van der Waals surface area contributed by atoms with Crippen molar-refractivity contribution in [3.63, 3.8) is 0 Å². The highest BCUT2D eigenvalue weighted by atomic mass is 16.4. The highest BCUT2D eigenvalue weighted by Crippen LogP contribution is 2.26. The van der Waals surface area contributed by atoms with Crippen molar-refractivity contribution in [2.75, 3.05) is 5.73 Å². The minimum Gasteiger partial charge on any atom is -0.498 e. The minimum absolute atomic E-state index is 0.267. The molecule has 0 fully saturated rings. The largest absolute Gasteiger partial charge is 0.498 e. The lowest BCUT2D eigenvalue weighted by Crippen LogP contribution is -1.99. The predicted octanol–water partition coefficient (Wildman–Crippen LogP) is 2.82. The fraction of sp³-hybridized carbons (Fsp3) is 0.0769. The van der Waals surface area contributed by atoms with Crippen LogP contribution in [0.15, 0.2) is 36.4 Å². The molecule has 1 aromatic heterocycles. The predicted molar refractivity (Wildman–Crippen MR) is 68.5 cm³/mol. The van der Waals surface area contributed by atoms with Gasteiger partial charge in [-0.25, -0.2) is 4.98 Å². The summed E-state index contributed by atoms with van der Waals surface area (Å²) in [7, 11) is 0. The van der Waals surface area contributed by atoms with Crippen LogP contribution < -0.4 is 5.73 Å². The van der Waals surface area contributed by atoms with Gasteiger partial charge in [0.15, 0.2) is 5.56 Å². The van der Waals surface area contributed by atoms with Crippen LogP contribution in [0, 0.1) is 18.2 Å². The molecule has 0 saturated carbocycles. The maximum atomic E-state index is 10.4. The molecule has 84 valence electrons. The lowest BCUT2D eigenvalue weighted by atomic mass is 10.0. The van der Waals surface area contributed by atoms with Crippen LogP contribution in [-0.4, -0.2) is 4.98 Å². The van der Waals surface area contributed by atoms with Crippen LogP contribution in [0.1, 0.15) is 11.3 Å². The average molecular weight is 225 g/mol. The van der Waals surface area contributed by atoms with Gasteiger partial charge in [0, 0.05) is 16.3 Å². The summed E-state index contributed by atoms with van der Waals surface area (Å²) < 4.78 is 0. The van der Waals surface area contributed by atoms with Crippen molar-refractivity contribution in [1.29, 1.82) is 0 Å². The molecule has 0 amide bonds. The molecule has 1 aromatic carbocycles. The van der Waals surface area contributed by atoms with E-state index in [2.05, 4.69) is 16.1 Å². The van der Waals surface area contributed by atoms with Gasteiger partial charge in [0.25, 0.3) is 0 Å². The Morgan fingerprint density at radius 3 is 2.65 bits per heavy atom. The summed E-state index contributed by atoms with van der Waals surface area (Å²) >= 11 is 0. The fourth-order valence-electron chi connectivity index (χ4n) is 1.71. The monoisotopic (exact) mass is 225 g/mol. The Kier molecular flexibility index (Phi) is 2.93. The van der Waals surface area contributed by atoms with Crippen LogP contribution in [0.2, 0.25) is 0 Å². The summed E-state index contributed by atoms with van der Waals surface area (Å²) in [5.74, 6) is 0.267. The third kappa shape index (κ3) is 2.18. The first-order chi connectivity index (χ1) is 8.22. The van der Waals surface area contributed by atoms with E-state index in [1.807, 2.05) is 43.3 Å². The number of anilines is 1. The Bertz CT molecular complexity index is 597. The van der Waals surface area contributed by atoms with Gasteiger partial charge in [-0.2, -0.15) is 0 Å². The van der Waals surface area contributed by atoms with E-state index in [1.165, 1.54) is 0 Å². The van der Waals surface area contributed by atoms with Crippen molar-refractivity contribution in [1.82, 2.24) is 4.98 Å². The van der Waals surface area contributed by atoms with E-state index >= 15 is 0 Å². The van der Waals surface area contributed by atoms with Gasteiger partial charge >= 0.3 is 6.07 Å². The first-order valence-corrected chi connectivity index (χ1v) is 5.13. The first-order valence-electron chi connectivity index (χ1n) is 5.13. The number of rotatable bonds is 1. The number of hydrogen-bond donors (Lipinski definition) is 1. The summed E-state index contributed by atoms with van der Waals surface area (Å²) in [4.78, 5) is 4.09. The van der Waals surface area contributed by atoms with Crippen LogP contribution in [0.25, 0.3) is 16.1 Å². The standard InChI is InChI=1S/C13H11N3O/c1-9-7-11(10-5-3-2-4-6-10)12(8-15-17)13(14)16-9/h2-7H,1H3,(H2,14,16). The molecule has 0 saturated heterocycles. The number of aromatic nitrogens is 1. The van der Waals surface area contributed by atoms with E-state index in [9.17, 15) is 5.21 Å². The molecule has 0 unspecified atom stereocenters. The second kappa shape index (κ2) is 4.54. The van der Waals surface area contributed by atoms with Crippen molar-refractivity contribution >= 4 is 5.82 Å². The van der Waals surface area contributed by atoms with Crippen LogP contribution in [0.4, 0.5) is 5.82 Å². The molecule has 0 atom stereocenters. The Morgan fingerprint density at radius 1 is 1.29 bits per heavy atom. The van der Waals surface area contributed by atoms with Crippen LogP contribution in [-0.2, 0) is 0 Å². The molecule has 0 aliphatic carbocycles. The SMILES string of the molecule is Cc1cc(-c2ccccc2)c(C#[N+][O-])c(N)n1. The Labute approximate surface area is 99.1 Å². The van der Waals surface area contributed by atoms with Gasteiger partial charge < -0.3 is 10.9 Å². The van der Waals surface area contributed by atoms with Gasteiger partial charge in [0.05, 0.1) is 0 Å². The molecule has 0 aliphatic heterocycles. The molecule has 1 heterocycles. The summed E-state index contributed by atoms with van der Waals surface area (Å²) in [5, 5.41) is 13.0. The lowest BCUT2D eigenvalue weighted by molar-refractivity contribution is 1.20. The smallest absolute Gasteiger partial charge is 0.341 e. The van der Waals surface area contributed by atoms with E-state index in [0.717, 1.165) is 16.8 Å². The molecular formula is C13H11N3O. The number of hydrogen-bond acceptors (Lipinski definition) is 3. The van der Waals surface area contributed by atoms with E-state index in [1.54, 1.807) is 0 Å². The lowest BCUT2D eigenvalue weighted by Gasteiger charge is -2.06. The van der Waals surface area contributed by atoms with Gasteiger partial charge in [-0.15, -0.1) is 0 Å². The summed E-state index contributed by atoms with van der Waals surface area (Å²) in [6.07, 6.45) is 0. The number of pyridine rings is 1. The molecule has 0 aliphatic rings. The summed E-state index contributed by atoms with van der Waals surface area (Å²) in [6, 6.07) is 13.8. The highest BCUT2D eigenvalue weighted by molar-refractivity contribution is 5.76. The van der Waals surface area contributed by atoms with Gasteiger partial charge in [-0.3, -0.25) is 0 Å². The molecule has 2 rings (SSSR count). The Morgan fingerprint density at radius 2 is 2.00 bits per heavy atom.